The summed E-state index contributed by atoms with van der Waals surface area (Å²) in [5.74, 6) is -1.32. The standard InChI is InChI=1S/C36H34O9/c1-19-17-23(9-11-25(19)33(37)41-5)29-15-13-27(35(39)43-7)21(3)31(29)45-32-22(4)28(36(40)44-8)14-16-30(32)24-10-12-26(20(2)18-24)34(38)42-6/h9-18H,1-8H3. The first kappa shape index (κ1) is 32.5. The van der Waals surface area contributed by atoms with Gasteiger partial charge in [-0.25, -0.2) is 19.2 Å². The predicted octanol–water partition coefficient (Wildman–Crippen LogP) is 7.19. The molecule has 0 aliphatic carbocycles. The third kappa shape index (κ3) is 6.28. The smallest absolute Gasteiger partial charge is 0.338 e. The van der Waals surface area contributed by atoms with Crippen LogP contribution in [0.15, 0.2) is 60.7 Å². The Kier molecular flexibility index (Phi) is 9.72. The van der Waals surface area contributed by atoms with Crippen LogP contribution in [0.2, 0.25) is 0 Å². The molecule has 0 aromatic heterocycles. The average Bonchev–Trinajstić information content (AvgIpc) is 3.04. The maximum atomic E-state index is 12.8. The van der Waals surface area contributed by atoms with Gasteiger partial charge < -0.3 is 23.7 Å². The van der Waals surface area contributed by atoms with Crippen LogP contribution in [-0.2, 0) is 18.9 Å². The summed E-state index contributed by atoms with van der Waals surface area (Å²) in [5.41, 5.74) is 6.49. The fraction of sp³-hybridized carbons (Fsp3) is 0.222. The Bertz CT molecular complexity index is 1700. The Morgan fingerprint density at radius 1 is 0.444 bits per heavy atom. The Balaban J connectivity index is 2.00. The second-order valence-electron chi connectivity index (χ2n) is 10.4. The van der Waals surface area contributed by atoms with E-state index in [9.17, 15) is 19.2 Å². The lowest BCUT2D eigenvalue weighted by molar-refractivity contribution is 0.0590. The number of carbonyl (C=O) groups is 4. The summed E-state index contributed by atoms with van der Waals surface area (Å²) in [5, 5.41) is 0. The van der Waals surface area contributed by atoms with E-state index in [1.54, 1.807) is 76.2 Å². The lowest BCUT2D eigenvalue weighted by atomic mass is 9.94. The van der Waals surface area contributed by atoms with Gasteiger partial charge in [-0.1, -0.05) is 24.3 Å². The summed E-state index contributed by atoms with van der Waals surface area (Å²) < 4.78 is 26.6. The van der Waals surface area contributed by atoms with Crippen LogP contribution in [0.3, 0.4) is 0 Å². The van der Waals surface area contributed by atoms with Crippen molar-refractivity contribution in [1.29, 1.82) is 0 Å². The van der Waals surface area contributed by atoms with Gasteiger partial charge in [0, 0.05) is 22.3 Å². The van der Waals surface area contributed by atoms with Crippen LogP contribution in [-0.4, -0.2) is 52.3 Å². The molecule has 9 heteroatoms. The van der Waals surface area contributed by atoms with E-state index in [4.69, 9.17) is 23.7 Å². The second-order valence-corrected chi connectivity index (χ2v) is 10.4. The topological polar surface area (TPSA) is 114 Å². The third-order valence-corrected chi connectivity index (χ3v) is 7.71. The number of hydrogen-bond acceptors (Lipinski definition) is 9. The Morgan fingerprint density at radius 2 is 0.756 bits per heavy atom. The average molecular weight is 611 g/mol. The largest absolute Gasteiger partial charge is 0.465 e. The molecule has 0 saturated heterocycles. The molecule has 0 aliphatic heterocycles. The summed E-state index contributed by atoms with van der Waals surface area (Å²) in [6, 6.07) is 17.3. The van der Waals surface area contributed by atoms with Crippen molar-refractivity contribution in [1.82, 2.24) is 0 Å². The Morgan fingerprint density at radius 3 is 1.07 bits per heavy atom. The van der Waals surface area contributed by atoms with Crippen molar-refractivity contribution in [3.05, 3.63) is 105 Å². The number of carbonyl (C=O) groups excluding carboxylic acids is 4. The van der Waals surface area contributed by atoms with Crippen LogP contribution in [0.4, 0.5) is 0 Å². The Labute approximate surface area is 261 Å². The van der Waals surface area contributed by atoms with Gasteiger partial charge in [-0.15, -0.1) is 0 Å². The van der Waals surface area contributed by atoms with E-state index in [2.05, 4.69) is 0 Å². The van der Waals surface area contributed by atoms with E-state index in [0.29, 0.717) is 67.1 Å². The number of ether oxygens (including phenoxy) is 5. The van der Waals surface area contributed by atoms with Crippen LogP contribution in [0.5, 0.6) is 11.5 Å². The molecule has 0 bridgehead atoms. The summed E-state index contributed by atoms with van der Waals surface area (Å²) in [7, 11) is 5.24. The molecule has 0 spiro atoms. The highest BCUT2D eigenvalue weighted by Gasteiger charge is 2.24. The molecular formula is C36H34O9. The van der Waals surface area contributed by atoms with Gasteiger partial charge in [-0.05, 0) is 86.3 Å². The number of hydrogen-bond donors (Lipinski definition) is 0. The molecule has 0 amide bonds. The van der Waals surface area contributed by atoms with Crippen LogP contribution in [0, 0.1) is 27.7 Å². The third-order valence-electron chi connectivity index (χ3n) is 7.71. The van der Waals surface area contributed by atoms with Crippen LogP contribution in [0.25, 0.3) is 22.3 Å². The van der Waals surface area contributed by atoms with Crippen LogP contribution < -0.4 is 4.74 Å². The molecular weight excluding hydrogens is 576 g/mol. The van der Waals surface area contributed by atoms with Crippen molar-refractivity contribution in [2.75, 3.05) is 28.4 Å². The summed E-state index contributed by atoms with van der Waals surface area (Å²) in [6.07, 6.45) is 0. The summed E-state index contributed by atoms with van der Waals surface area (Å²) in [4.78, 5) is 50.0. The fourth-order valence-electron chi connectivity index (χ4n) is 5.21. The second kappa shape index (κ2) is 13.5. The van der Waals surface area contributed by atoms with E-state index in [1.165, 1.54) is 28.4 Å². The quantitative estimate of drug-likeness (QED) is 0.151. The van der Waals surface area contributed by atoms with Crippen molar-refractivity contribution in [3.63, 3.8) is 0 Å². The fourth-order valence-corrected chi connectivity index (χ4v) is 5.21. The molecule has 0 saturated carbocycles. The molecule has 0 heterocycles. The van der Waals surface area contributed by atoms with Gasteiger partial charge in [0.25, 0.3) is 0 Å². The number of benzene rings is 4. The van der Waals surface area contributed by atoms with Gasteiger partial charge in [-0.3, -0.25) is 0 Å². The van der Waals surface area contributed by atoms with E-state index in [0.717, 1.165) is 11.1 Å². The molecule has 0 unspecified atom stereocenters. The first-order valence-electron chi connectivity index (χ1n) is 14.0. The number of aryl methyl sites for hydroxylation is 2. The maximum Gasteiger partial charge on any atom is 0.338 e. The lowest BCUT2D eigenvalue weighted by Crippen LogP contribution is -2.08. The normalized spacial score (nSPS) is 10.6. The maximum absolute atomic E-state index is 12.8. The lowest BCUT2D eigenvalue weighted by Gasteiger charge is -2.21. The molecule has 45 heavy (non-hydrogen) atoms. The zero-order valence-electron chi connectivity index (χ0n) is 26.4. The van der Waals surface area contributed by atoms with Gasteiger partial charge in [0.05, 0.1) is 50.7 Å². The summed E-state index contributed by atoms with van der Waals surface area (Å²) in [6.45, 7) is 7.09. The molecule has 9 nitrogen and oxygen atoms in total. The van der Waals surface area contributed by atoms with E-state index < -0.39 is 23.9 Å². The SMILES string of the molecule is COC(=O)c1ccc(-c2ccc(C(=O)OC)c(C)c2Oc2c(-c3ccc(C(=O)OC)c(C)c3)ccc(C(=O)OC)c2C)cc1C. The predicted molar refractivity (Wildman–Crippen MR) is 168 cm³/mol. The van der Waals surface area contributed by atoms with Gasteiger partial charge in [0.2, 0.25) is 0 Å². The minimum absolute atomic E-state index is 0.292. The summed E-state index contributed by atoms with van der Waals surface area (Å²) >= 11 is 0. The Hall–Kier alpha value is -5.44. The van der Waals surface area contributed by atoms with Gasteiger partial charge in [0.15, 0.2) is 0 Å². The molecule has 0 N–H and O–H groups in total. The highest BCUT2D eigenvalue weighted by molar-refractivity contribution is 5.97. The van der Waals surface area contributed by atoms with Gasteiger partial charge in [0.1, 0.15) is 11.5 Å². The molecule has 4 rings (SSSR count). The van der Waals surface area contributed by atoms with Crippen molar-refractivity contribution in [3.8, 4) is 33.8 Å². The van der Waals surface area contributed by atoms with Crippen molar-refractivity contribution in [2.24, 2.45) is 0 Å². The zero-order chi connectivity index (χ0) is 33.0. The molecule has 0 radical (unpaired) electrons. The van der Waals surface area contributed by atoms with Crippen LogP contribution in [0.1, 0.15) is 63.7 Å². The first-order valence-corrected chi connectivity index (χ1v) is 14.0. The highest BCUT2D eigenvalue weighted by atomic mass is 16.5. The van der Waals surface area contributed by atoms with Crippen LogP contribution >= 0.6 is 0 Å². The first-order chi connectivity index (χ1) is 21.5. The molecule has 0 fully saturated rings. The molecule has 232 valence electrons. The molecule has 0 atom stereocenters. The molecule has 0 aliphatic rings. The van der Waals surface area contributed by atoms with Crippen molar-refractivity contribution < 1.29 is 42.9 Å². The highest BCUT2D eigenvalue weighted by Crippen LogP contribution is 2.44. The minimum atomic E-state index is -0.546. The van der Waals surface area contributed by atoms with Crippen molar-refractivity contribution in [2.45, 2.75) is 27.7 Å². The van der Waals surface area contributed by atoms with Crippen molar-refractivity contribution >= 4 is 23.9 Å². The number of esters is 4. The van der Waals surface area contributed by atoms with E-state index in [1.807, 2.05) is 12.1 Å². The van der Waals surface area contributed by atoms with E-state index >= 15 is 0 Å². The molecule has 4 aromatic carbocycles. The minimum Gasteiger partial charge on any atom is -0.465 e. The zero-order valence-corrected chi connectivity index (χ0v) is 26.4. The van der Waals surface area contributed by atoms with Gasteiger partial charge in [-0.2, -0.15) is 0 Å². The number of methoxy groups -OCH3 is 4. The molecule has 4 aromatic rings. The number of rotatable bonds is 8. The van der Waals surface area contributed by atoms with Gasteiger partial charge >= 0.3 is 23.9 Å². The monoisotopic (exact) mass is 610 g/mol. The van der Waals surface area contributed by atoms with E-state index in [-0.39, 0.29) is 0 Å².